The van der Waals surface area contributed by atoms with Crippen molar-refractivity contribution in [1.29, 1.82) is 5.26 Å². The van der Waals surface area contributed by atoms with Crippen LogP contribution in [0.4, 0.5) is 11.4 Å². The molecule has 0 unspecified atom stereocenters. The second kappa shape index (κ2) is 11.7. The zero-order valence-electron chi connectivity index (χ0n) is 19.7. The van der Waals surface area contributed by atoms with Crippen LogP contribution in [0.15, 0.2) is 77.2 Å². The highest BCUT2D eigenvalue weighted by molar-refractivity contribution is 7.87. The summed E-state index contributed by atoms with van der Waals surface area (Å²) in [5, 5.41) is 23.1. The van der Waals surface area contributed by atoms with E-state index in [0.717, 1.165) is 6.07 Å². The fourth-order valence-corrected chi connectivity index (χ4v) is 4.08. The molecule has 0 heterocycles. The van der Waals surface area contributed by atoms with E-state index in [2.05, 4.69) is 5.32 Å². The largest absolute Gasteiger partial charge is 0.495 e. The van der Waals surface area contributed by atoms with Crippen molar-refractivity contribution >= 4 is 33.5 Å². The average molecular weight is 524 g/mol. The maximum Gasteiger partial charge on any atom is 0.339 e. The Morgan fingerprint density at radius 3 is 2.41 bits per heavy atom. The first-order valence-corrected chi connectivity index (χ1v) is 12.1. The Hall–Kier alpha value is -4.89. The van der Waals surface area contributed by atoms with Gasteiger partial charge in [0.2, 0.25) is 0 Å². The number of amides is 1. The quantitative estimate of drug-likeness (QED) is 0.134. The molecule has 0 radical (unpaired) electrons. The highest BCUT2D eigenvalue weighted by Gasteiger charge is 2.20. The van der Waals surface area contributed by atoms with Gasteiger partial charge in [-0.2, -0.15) is 13.7 Å². The molecule has 0 aliphatic rings. The smallest absolute Gasteiger partial charge is 0.339 e. The monoisotopic (exact) mass is 523 g/mol. The average Bonchev–Trinajstić information content (AvgIpc) is 2.89. The molecular weight excluding hydrogens is 502 g/mol. The number of hydrogen-bond donors (Lipinski definition) is 1. The van der Waals surface area contributed by atoms with Gasteiger partial charge in [0, 0.05) is 12.1 Å². The molecule has 3 rings (SSSR count). The number of carbonyl (C=O) groups excluding carboxylic acids is 1. The number of nitriles is 1. The molecule has 0 bridgehead atoms. The summed E-state index contributed by atoms with van der Waals surface area (Å²) in [6, 6.07) is 17.2. The van der Waals surface area contributed by atoms with Crippen molar-refractivity contribution in [2.75, 3.05) is 19.0 Å². The molecule has 1 amide bonds. The van der Waals surface area contributed by atoms with Crippen LogP contribution in [0.1, 0.15) is 12.5 Å². The van der Waals surface area contributed by atoms with Gasteiger partial charge < -0.3 is 19.0 Å². The van der Waals surface area contributed by atoms with Crippen LogP contribution in [0.2, 0.25) is 0 Å². The normalized spacial score (nSPS) is 11.2. The lowest BCUT2D eigenvalue weighted by molar-refractivity contribution is -0.384. The molecule has 11 nitrogen and oxygen atoms in total. The Bertz CT molecular complexity index is 1500. The molecule has 37 heavy (non-hydrogen) atoms. The zero-order valence-corrected chi connectivity index (χ0v) is 20.5. The van der Waals surface area contributed by atoms with Crippen molar-refractivity contribution in [1.82, 2.24) is 0 Å². The number of nitro groups is 1. The molecule has 190 valence electrons. The van der Waals surface area contributed by atoms with E-state index in [1.54, 1.807) is 31.2 Å². The maximum atomic E-state index is 12.8. The fourth-order valence-electron chi connectivity index (χ4n) is 3.12. The highest BCUT2D eigenvalue weighted by Crippen LogP contribution is 2.32. The van der Waals surface area contributed by atoms with Gasteiger partial charge in [0.25, 0.3) is 11.6 Å². The first-order chi connectivity index (χ1) is 17.7. The minimum absolute atomic E-state index is 0.00715. The van der Waals surface area contributed by atoms with E-state index in [1.165, 1.54) is 55.7 Å². The summed E-state index contributed by atoms with van der Waals surface area (Å²) in [7, 11) is -2.80. The number of rotatable bonds is 10. The minimum atomic E-state index is -4.13. The SMILES string of the molecule is CCOc1cc(/C=C(\C#N)C(=O)Nc2cc([N+](=O)[O-])ccc2OC)ccc1OS(=O)(=O)c1ccccc1. The summed E-state index contributed by atoms with van der Waals surface area (Å²) in [4.78, 5) is 23.2. The topological polar surface area (TPSA) is 158 Å². The molecule has 12 heteroatoms. The number of methoxy groups -OCH3 is 1. The number of nitro benzene ring substituents is 1. The Balaban J connectivity index is 1.90. The lowest BCUT2D eigenvalue weighted by Gasteiger charge is -2.13. The summed E-state index contributed by atoms with van der Waals surface area (Å²) in [5.74, 6) is -0.678. The third kappa shape index (κ3) is 6.62. The van der Waals surface area contributed by atoms with Gasteiger partial charge in [0.15, 0.2) is 11.5 Å². The predicted molar refractivity (Wildman–Crippen MR) is 134 cm³/mol. The van der Waals surface area contributed by atoms with Crippen molar-refractivity contribution < 1.29 is 31.8 Å². The summed E-state index contributed by atoms with van der Waals surface area (Å²) in [6.45, 7) is 1.88. The van der Waals surface area contributed by atoms with E-state index in [9.17, 15) is 28.6 Å². The number of ether oxygens (including phenoxy) is 2. The number of carbonyl (C=O) groups is 1. The second-order valence-corrected chi connectivity index (χ2v) is 8.80. The van der Waals surface area contributed by atoms with Crippen LogP contribution in [0, 0.1) is 21.4 Å². The van der Waals surface area contributed by atoms with E-state index in [1.807, 2.05) is 0 Å². The number of benzene rings is 3. The van der Waals surface area contributed by atoms with Crippen molar-refractivity contribution in [2.24, 2.45) is 0 Å². The summed E-state index contributed by atoms with van der Waals surface area (Å²) < 4.78 is 41.1. The number of hydrogen-bond acceptors (Lipinski definition) is 9. The Morgan fingerprint density at radius 2 is 1.78 bits per heavy atom. The molecule has 1 N–H and O–H groups in total. The third-order valence-electron chi connectivity index (χ3n) is 4.82. The minimum Gasteiger partial charge on any atom is -0.495 e. The van der Waals surface area contributed by atoms with Gasteiger partial charge in [0.1, 0.15) is 22.3 Å². The van der Waals surface area contributed by atoms with Crippen LogP contribution >= 0.6 is 0 Å². The molecule has 0 spiro atoms. The van der Waals surface area contributed by atoms with E-state index in [-0.39, 0.29) is 45.7 Å². The molecule has 0 saturated heterocycles. The van der Waals surface area contributed by atoms with E-state index in [4.69, 9.17) is 13.7 Å². The van der Waals surface area contributed by atoms with Crippen LogP contribution in [0.3, 0.4) is 0 Å². The van der Waals surface area contributed by atoms with Crippen LogP contribution in [0.25, 0.3) is 6.08 Å². The lowest BCUT2D eigenvalue weighted by atomic mass is 10.1. The standard InChI is InChI=1S/C25H21N3O8S/c1-3-35-24-14-17(9-11-23(24)36-37(32,33)20-7-5-4-6-8-20)13-18(16-26)25(29)27-21-15-19(28(30)31)10-12-22(21)34-2/h4-15H,3H2,1-2H3,(H,27,29)/b18-13+. The first-order valence-electron chi connectivity index (χ1n) is 10.7. The lowest BCUT2D eigenvalue weighted by Crippen LogP contribution is -2.14. The highest BCUT2D eigenvalue weighted by atomic mass is 32.2. The number of non-ortho nitro benzene ring substituents is 1. The zero-order chi connectivity index (χ0) is 27.0. The van der Waals surface area contributed by atoms with E-state index in [0.29, 0.717) is 5.56 Å². The molecule has 0 aliphatic heterocycles. The predicted octanol–water partition coefficient (Wildman–Crippen LogP) is 4.32. The second-order valence-electron chi connectivity index (χ2n) is 7.26. The van der Waals surface area contributed by atoms with Gasteiger partial charge >= 0.3 is 10.1 Å². The van der Waals surface area contributed by atoms with Gasteiger partial charge in [-0.15, -0.1) is 0 Å². The van der Waals surface area contributed by atoms with Crippen molar-refractivity contribution in [3.63, 3.8) is 0 Å². The number of anilines is 1. The fraction of sp³-hybridized carbons (Fsp3) is 0.120. The Morgan fingerprint density at radius 1 is 1.08 bits per heavy atom. The summed E-state index contributed by atoms with van der Waals surface area (Å²) in [5.41, 5.74) is -0.263. The van der Waals surface area contributed by atoms with E-state index < -0.39 is 20.9 Å². The third-order valence-corrected chi connectivity index (χ3v) is 6.07. The van der Waals surface area contributed by atoms with Crippen molar-refractivity contribution in [3.8, 4) is 23.3 Å². The van der Waals surface area contributed by atoms with Crippen molar-refractivity contribution in [3.05, 3.63) is 88.0 Å². The van der Waals surface area contributed by atoms with Crippen LogP contribution in [0.5, 0.6) is 17.2 Å². The van der Waals surface area contributed by atoms with Crippen LogP contribution < -0.4 is 19.0 Å². The molecule has 0 atom stereocenters. The molecule has 3 aromatic carbocycles. The Kier molecular flexibility index (Phi) is 8.44. The molecule has 0 aromatic heterocycles. The van der Waals surface area contributed by atoms with Gasteiger partial charge in [-0.3, -0.25) is 14.9 Å². The van der Waals surface area contributed by atoms with Crippen LogP contribution in [-0.4, -0.2) is 33.0 Å². The van der Waals surface area contributed by atoms with Crippen molar-refractivity contribution in [2.45, 2.75) is 11.8 Å². The molecule has 0 saturated carbocycles. The number of nitrogens with one attached hydrogen (secondary N) is 1. The first kappa shape index (κ1) is 26.7. The summed E-state index contributed by atoms with van der Waals surface area (Å²) in [6.07, 6.45) is 1.25. The van der Waals surface area contributed by atoms with Crippen LogP contribution in [-0.2, 0) is 14.9 Å². The maximum absolute atomic E-state index is 12.8. The van der Waals surface area contributed by atoms with Gasteiger partial charge in [-0.1, -0.05) is 24.3 Å². The van der Waals surface area contributed by atoms with Gasteiger partial charge in [0.05, 0.1) is 24.3 Å². The van der Waals surface area contributed by atoms with Gasteiger partial charge in [-0.05, 0) is 48.9 Å². The molecular formula is C25H21N3O8S. The molecule has 3 aromatic rings. The van der Waals surface area contributed by atoms with Gasteiger partial charge in [-0.25, -0.2) is 0 Å². The van der Waals surface area contributed by atoms with E-state index >= 15 is 0 Å². The molecule has 0 fully saturated rings. The summed E-state index contributed by atoms with van der Waals surface area (Å²) >= 11 is 0. The molecule has 0 aliphatic carbocycles. The number of nitrogens with zero attached hydrogens (tertiary/aromatic N) is 2. The Labute approximate surface area is 212 Å².